The molecule has 1 unspecified atom stereocenters. The van der Waals surface area contributed by atoms with Crippen LogP contribution >= 0.6 is 11.3 Å². The van der Waals surface area contributed by atoms with Crippen LogP contribution in [0.3, 0.4) is 0 Å². The zero-order chi connectivity index (χ0) is 14.5. The molecule has 106 valence electrons. The van der Waals surface area contributed by atoms with Gasteiger partial charge in [-0.05, 0) is 11.4 Å². The third kappa shape index (κ3) is 3.58. The summed E-state index contributed by atoms with van der Waals surface area (Å²) in [5, 5.41) is 20.0. The topological polar surface area (TPSA) is 96.2 Å². The van der Waals surface area contributed by atoms with Gasteiger partial charge in [0.2, 0.25) is 0 Å². The molecule has 3 N–H and O–H groups in total. The second-order valence-electron chi connectivity index (χ2n) is 4.12. The summed E-state index contributed by atoms with van der Waals surface area (Å²) in [6.45, 7) is 0.364. The van der Waals surface area contributed by atoms with Gasteiger partial charge in [0.25, 0.3) is 0 Å². The number of thiophene rings is 1. The summed E-state index contributed by atoms with van der Waals surface area (Å²) in [7, 11) is 1.68. The lowest BCUT2D eigenvalue weighted by molar-refractivity contribution is -0.139. The predicted molar refractivity (Wildman–Crippen MR) is 73.3 cm³/mol. The van der Waals surface area contributed by atoms with Gasteiger partial charge in [-0.1, -0.05) is 6.07 Å². The minimum Gasteiger partial charge on any atom is -0.479 e. The third-order valence-electron chi connectivity index (χ3n) is 2.58. The van der Waals surface area contributed by atoms with Gasteiger partial charge >= 0.3 is 12.0 Å². The van der Waals surface area contributed by atoms with Crippen molar-refractivity contribution in [2.24, 2.45) is 7.05 Å². The molecule has 2 aromatic heterocycles. The molecule has 0 radical (unpaired) electrons. The Morgan fingerprint density at radius 2 is 2.35 bits per heavy atom. The zero-order valence-corrected chi connectivity index (χ0v) is 11.6. The van der Waals surface area contributed by atoms with E-state index in [1.165, 1.54) is 22.2 Å². The van der Waals surface area contributed by atoms with E-state index in [0.717, 1.165) is 4.88 Å². The molecular weight excluding hydrogens is 280 g/mol. The number of carbonyl (C=O) groups excluding carboxylic acids is 1. The van der Waals surface area contributed by atoms with Gasteiger partial charge in [-0.3, -0.25) is 4.68 Å². The van der Waals surface area contributed by atoms with Crippen LogP contribution in [0, 0.1) is 0 Å². The molecule has 0 fully saturated rings. The molecule has 2 rings (SSSR count). The van der Waals surface area contributed by atoms with Crippen LogP contribution in [0.2, 0.25) is 0 Å². The number of carboxylic acid groups (broad SMARTS) is 1. The van der Waals surface area contributed by atoms with Crippen molar-refractivity contribution >= 4 is 23.3 Å². The van der Waals surface area contributed by atoms with Crippen LogP contribution in [0.4, 0.5) is 4.79 Å². The van der Waals surface area contributed by atoms with Gasteiger partial charge in [0.1, 0.15) is 0 Å². The number of hydrogen-bond donors (Lipinski definition) is 3. The molecule has 8 heteroatoms. The SMILES string of the molecule is Cn1cc(C(NC(=O)NCc2cccs2)C(=O)O)cn1. The van der Waals surface area contributed by atoms with E-state index in [4.69, 9.17) is 5.11 Å². The molecule has 7 nitrogen and oxygen atoms in total. The molecule has 2 aromatic rings. The van der Waals surface area contributed by atoms with Gasteiger partial charge in [0.05, 0.1) is 12.7 Å². The van der Waals surface area contributed by atoms with Gasteiger partial charge in [-0.15, -0.1) is 11.3 Å². The first-order chi connectivity index (χ1) is 9.56. The van der Waals surface area contributed by atoms with Gasteiger partial charge in [-0.2, -0.15) is 5.10 Å². The minimum absolute atomic E-state index is 0.364. The van der Waals surface area contributed by atoms with Crippen LogP contribution in [-0.2, 0) is 18.4 Å². The Morgan fingerprint density at radius 3 is 2.90 bits per heavy atom. The molecule has 0 aliphatic carbocycles. The molecule has 0 saturated heterocycles. The number of amides is 2. The smallest absolute Gasteiger partial charge is 0.331 e. The van der Waals surface area contributed by atoms with Crippen molar-refractivity contribution < 1.29 is 14.7 Å². The van der Waals surface area contributed by atoms with E-state index in [1.54, 1.807) is 13.2 Å². The Hall–Kier alpha value is -2.35. The minimum atomic E-state index is -1.13. The first kappa shape index (κ1) is 14.1. The monoisotopic (exact) mass is 294 g/mol. The number of hydrogen-bond acceptors (Lipinski definition) is 4. The van der Waals surface area contributed by atoms with E-state index in [1.807, 2.05) is 17.5 Å². The van der Waals surface area contributed by atoms with E-state index in [9.17, 15) is 9.59 Å². The first-order valence-corrected chi connectivity index (χ1v) is 6.72. The maximum Gasteiger partial charge on any atom is 0.331 e. The number of rotatable bonds is 5. The Balaban J connectivity index is 1.94. The number of aryl methyl sites for hydroxylation is 1. The maximum absolute atomic E-state index is 11.7. The molecule has 0 aliphatic rings. The van der Waals surface area contributed by atoms with Crippen LogP contribution in [0.1, 0.15) is 16.5 Å². The third-order valence-corrected chi connectivity index (χ3v) is 3.46. The van der Waals surface area contributed by atoms with Crippen molar-refractivity contribution in [2.75, 3.05) is 0 Å². The fourth-order valence-corrected chi connectivity index (χ4v) is 2.28. The van der Waals surface area contributed by atoms with E-state index < -0.39 is 18.0 Å². The highest BCUT2D eigenvalue weighted by Crippen LogP contribution is 2.12. The lowest BCUT2D eigenvalue weighted by atomic mass is 10.1. The van der Waals surface area contributed by atoms with Crippen LogP contribution in [-0.4, -0.2) is 26.9 Å². The molecule has 0 saturated carbocycles. The molecule has 2 amide bonds. The molecule has 0 aromatic carbocycles. The second-order valence-corrected chi connectivity index (χ2v) is 5.16. The van der Waals surface area contributed by atoms with E-state index in [2.05, 4.69) is 15.7 Å². The van der Waals surface area contributed by atoms with Crippen molar-refractivity contribution in [1.82, 2.24) is 20.4 Å². The molecule has 2 heterocycles. The highest BCUT2D eigenvalue weighted by Gasteiger charge is 2.23. The lowest BCUT2D eigenvalue weighted by Crippen LogP contribution is -2.40. The standard InChI is InChI=1S/C12H14N4O3S/c1-16-7-8(5-14-16)10(11(17)18)15-12(19)13-6-9-3-2-4-20-9/h2-5,7,10H,6H2,1H3,(H,17,18)(H2,13,15,19). The van der Waals surface area contributed by atoms with Crippen molar-refractivity contribution in [1.29, 1.82) is 0 Å². The first-order valence-electron chi connectivity index (χ1n) is 5.84. The fourth-order valence-electron chi connectivity index (χ4n) is 1.64. The number of carbonyl (C=O) groups is 2. The Bertz CT molecular complexity index is 594. The summed E-state index contributed by atoms with van der Waals surface area (Å²) >= 11 is 1.52. The molecule has 0 spiro atoms. The summed E-state index contributed by atoms with van der Waals surface area (Å²) < 4.78 is 1.48. The van der Waals surface area contributed by atoms with Gasteiger partial charge < -0.3 is 15.7 Å². The predicted octanol–water partition coefficient (Wildman–Crippen LogP) is 1.11. The summed E-state index contributed by atoms with van der Waals surface area (Å²) in [6.07, 6.45) is 2.97. The Labute approximate surface area is 119 Å². The Kier molecular flexibility index (Phi) is 4.36. The van der Waals surface area contributed by atoms with E-state index >= 15 is 0 Å². The van der Waals surface area contributed by atoms with Gasteiger partial charge in [0.15, 0.2) is 6.04 Å². The molecular formula is C12H14N4O3S. The zero-order valence-electron chi connectivity index (χ0n) is 10.7. The number of aromatic nitrogens is 2. The van der Waals surface area contributed by atoms with Crippen molar-refractivity contribution in [3.63, 3.8) is 0 Å². The Morgan fingerprint density at radius 1 is 1.55 bits per heavy atom. The highest BCUT2D eigenvalue weighted by atomic mass is 32.1. The van der Waals surface area contributed by atoms with Crippen LogP contribution in [0.25, 0.3) is 0 Å². The average Bonchev–Trinajstić information content (AvgIpc) is 3.04. The summed E-state index contributed by atoms with van der Waals surface area (Å²) in [5.74, 6) is -1.13. The highest BCUT2D eigenvalue weighted by molar-refractivity contribution is 7.09. The normalized spacial score (nSPS) is 11.8. The average molecular weight is 294 g/mol. The summed E-state index contributed by atoms with van der Waals surface area (Å²) in [4.78, 5) is 23.9. The van der Waals surface area contributed by atoms with Crippen molar-refractivity contribution in [3.05, 3.63) is 40.3 Å². The van der Waals surface area contributed by atoms with Crippen molar-refractivity contribution in [2.45, 2.75) is 12.6 Å². The number of nitrogens with one attached hydrogen (secondary N) is 2. The van der Waals surface area contributed by atoms with Crippen LogP contribution < -0.4 is 10.6 Å². The fraction of sp³-hybridized carbons (Fsp3) is 0.250. The van der Waals surface area contributed by atoms with Crippen LogP contribution in [0.15, 0.2) is 29.9 Å². The van der Waals surface area contributed by atoms with Gasteiger partial charge in [0, 0.05) is 23.7 Å². The van der Waals surface area contributed by atoms with Crippen LogP contribution in [0.5, 0.6) is 0 Å². The maximum atomic E-state index is 11.7. The quantitative estimate of drug-likeness (QED) is 0.769. The van der Waals surface area contributed by atoms with E-state index in [0.29, 0.717) is 12.1 Å². The van der Waals surface area contributed by atoms with E-state index in [-0.39, 0.29) is 0 Å². The molecule has 0 aliphatic heterocycles. The number of aliphatic carboxylic acids is 1. The lowest BCUT2D eigenvalue weighted by Gasteiger charge is -2.13. The molecule has 1 atom stereocenters. The molecule has 0 bridgehead atoms. The second kappa shape index (κ2) is 6.20. The number of carboxylic acids is 1. The van der Waals surface area contributed by atoms with Crippen molar-refractivity contribution in [3.8, 4) is 0 Å². The largest absolute Gasteiger partial charge is 0.479 e. The summed E-state index contributed by atoms with van der Waals surface area (Å²) in [5.41, 5.74) is 0.422. The molecule has 20 heavy (non-hydrogen) atoms. The van der Waals surface area contributed by atoms with Gasteiger partial charge in [-0.25, -0.2) is 9.59 Å². The number of urea groups is 1. The number of nitrogens with zero attached hydrogens (tertiary/aromatic N) is 2. The summed E-state index contributed by atoms with van der Waals surface area (Å²) in [6, 6.07) is 2.12.